The van der Waals surface area contributed by atoms with Crippen LogP contribution in [0.2, 0.25) is 0 Å². The van der Waals surface area contributed by atoms with Crippen molar-refractivity contribution in [3.05, 3.63) is 29.8 Å². The molecule has 0 saturated carbocycles. The van der Waals surface area contributed by atoms with Gasteiger partial charge < -0.3 is 5.32 Å². The van der Waals surface area contributed by atoms with E-state index in [4.69, 9.17) is 0 Å². The Kier molecular flexibility index (Phi) is 3.36. The molecule has 2 nitrogen and oxygen atoms in total. The summed E-state index contributed by atoms with van der Waals surface area (Å²) in [4.78, 5) is 4.19. The van der Waals surface area contributed by atoms with Crippen LogP contribution < -0.4 is 5.32 Å². The quantitative estimate of drug-likeness (QED) is 0.797. The molecule has 0 spiro atoms. The molecule has 1 aromatic rings. The molecule has 92 valence electrons. The Balaban J connectivity index is 2.23. The monoisotopic (exact) mass is 242 g/mol. The number of rotatable bonds is 1. The molecule has 1 heterocycles. The summed E-state index contributed by atoms with van der Waals surface area (Å²) in [6.45, 7) is 0.691. The van der Waals surface area contributed by atoms with Crippen LogP contribution in [-0.4, -0.2) is 12.4 Å². The molecular weight excluding hydrogens is 229 g/mol. The lowest BCUT2D eigenvalue weighted by molar-refractivity contribution is -0.136. The molecule has 0 amide bonds. The Bertz CT molecular complexity index is 424. The Morgan fingerprint density at radius 1 is 1.12 bits per heavy atom. The van der Waals surface area contributed by atoms with E-state index in [1.165, 1.54) is 12.1 Å². The molecule has 0 radical (unpaired) electrons. The number of alkyl halides is 3. The standard InChI is InChI=1S/C12H13F3N2/c13-12(14,15)9-5-1-2-6-10(9)17-11-7-3-4-8-16-11/h1-2,5-6H,3-4,7-8H2,(H,16,17). The minimum atomic E-state index is -4.33. The largest absolute Gasteiger partial charge is 0.418 e. The minimum Gasteiger partial charge on any atom is -0.344 e. The number of nitrogens with one attached hydrogen (secondary N) is 1. The molecule has 0 atom stereocenters. The summed E-state index contributed by atoms with van der Waals surface area (Å²) in [7, 11) is 0. The predicted molar refractivity (Wildman–Crippen MR) is 61.2 cm³/mol. The van der Waals surface area contributed by atoms with Crippen molar-refractivity contribution in [2.24, 2.45) is 4.99 Å². The Morgan fingerprint density at radius 3 is 2.53 bits per heavy atom. The van der Waals surface area contributed by atoms with Crippen LogP contribution in [0.3, 0.4) is 0 Å². The maximum atomic E-state index is 12.7. The van der Waals surface area contributed by atoms with Gasteiger partial charge in [-0.15, -0.1) is 0 Å². The molecule has 0 bridgehead atoms. The van der Waals surface area contributed by atoms with Crippen LogP contribution in [0.1, 0.15) is 24.8 Å². The minimum absolute atomic E-state index is 0.0839. The van der Waals surface area contributed by atoms with Gasteiger partial charge in [0.1, 0.15) is 5.84 Å². The summed E-state index contributed by atoms with van der Waals surface area (Å²) in [5.74, 6) is 0.646. The fraction of sp³-hybridized carbons (Fsp3) is 0.417. The number of aliphatic imine (C=N–C) groups is 1. The molecular formula is C12H13F3N2. The Labute approximate surface area is 97.6 Å². The maximum absolute atomic E-state index is 12.7. The molecule has 1 aliphatic rings. The Hall–Kier alpha value is -1.52. The predicted octanol–water partition coefficient (Wildman–Crippen LogP) is 3.70. The summed E-state index contributed by atoms with van der Waals surface area (Å²) < 4.78 is 38.2. The lowest BCUT2D eigenvalue weighted by atomic mass is 10.1. The maximum Gasteiger partial charge on any atom is 0.418 e. The second-order valence-corrected chi connectivity index (χ2v) is 3.95. The molecule has 0 saturated heterocycles. The van der Waals surface area contributed by atoms with E-state index in [9.17, 15) is 13.2 Å². The van der Waals surface area contributed by atoms with Crippen molar-refractivity contribution in [3.8, 4) is 0 Å². The highest BCUT2D eigenvalue weighted by molar-refractivity contribution is 5.96. The summed E-state index contributed by atoms with van der Waals surface area (Å²) >= 11 is 0. The lowest BCUT2D eigenvalue weighted by Crippen LogP contribution is -2.19. The van der Waals surface area contributed by atoms with E-state index in [0.717, 1.165) is 18.9 Å². The van der Waals surface area contributed by atoms with Gasteiger partial charge >= 0.3 is 6.18 Å². The van der Waals surface area contributed by atoms with Crippen molar-refractivity contribution < 1.29 is 13.2 Å². The van der Waals surface area contributed by atoms with E-state index in [2.05, 4.69) is 10.3 Å². The third-order valence-corrected chi connectivity index (χ3v) is 2.64. The van der Waals surface area contributed by atoms with E-state index in [1.54, 1.807) is 6.07 Å². The molecule has 0 unspecified atom stereocenters. The fourth-order valence-corrected chi connectivity index (χ4v) is 1.79. The van der Waals surface area contributed by atoms with Gasteiger partial charge in [0.25, 0.3) is 0 Å². The first-order valence-corrected chi connectivity index (χ1v) is 5.54. The normalized spacial score (nSPS) is 16.5. The van der Waals surface area contributed by atoms with Crippen LogP contribution in [0.15, 0.2) is 29.3 Å². The summed E-state index contributed by atoms with van der Waals surface area (Å²) in [6, 6.07) is 5.48. The topological polar surface area (TPSA) is 24.4 Å². The van der Waals surface area contributed by atoms with Crippen LogP contribution in [0.4, 0.5) is 18.9 Å². The highest BCUT2D eigenvalue weighted by atomic mass is 19.4. The van der Waals surface area contributed by atoms with E-state index >= 15 is 0 Å². The van der Waals surface area contributed by atoms with Gasteiger partial charge in [-0.3, -0.25) is 4.99 Å². The zero-order valence-corrected chi connectivity index (χ0v) is 9.22. The first-order chi connectivity index (χ1) is 8.07. The molecule has 17 heavy (non-hydrogen) atoms. The number of amidine groups is 1. The number of halogens is 3. The third kappa shape index (κ3) is 2.99. The van der Waals surface area contributed by atoms with Crippen LogP contribution in [-0.2, 0) is 6.18 Å². The zero-order chi connectivity index (χ0) is 12.3. The average molecular weight is 242 g/mol. The highest BCUT2D eigenvalue weighted by Crippen LogP contribution is 2.34. The molecule has 5 heteroatoms. The van der Waals surface area contributed by atoms with Crippen molar-refractivity contribution in [1.82, 2.24) is 0 Å². The molecule has 0 fully saturated rings. The first-order valence-electron chi connectivity index (χ1n) is 5.54. The average Bonchev–Trinajstić information content (AvgIpc) is 2.30. The third-order valence-electron chi connectivity index (χ3n) is 2.64. The van der Waals surface area contributed by atoms with Gasteiger partial charge in [0.05, 0.1) is 11.3 Å². The van der Waals surface area contributed by atoms with Gasteiger partial charge in [-0.05, 0) is 25.0 Å². The number of hydrogen-bond donors (Lipinski definition) is 1. The number of benzene rings is 1. The zero-order valence-electron chi connectivity index (χ0n) is 9.22. The lowest BCUT2D eigenvalue weighted by Gasteiger charge is -2.17. The smallest absolute Gasteiger partial charge is 0.344 e. The van der Waals surface area contributed by atoms with Crippen molar-refractivity contribution in [3.63, 3.8) is 0 Å². The Morgan fingerprint density at radius 2 is 1.88 bits per heavy atom. The first kappa shape index (κ1) is 12.0. The fourth-order valence-electron chi connectivity index (χ4n) is 1.79. The number of hydrogen-bond acceptors (Lipinski definition) is 2. The molecule has 0 aliphatic carbocycles. The van der Waals surface area contributed by atoms with Crippen molar-refractivity contribution >= 4 is 11.5 Å². The number of para-hydroxylation sites is 1. The van der Waals surface area contributed by atoms with Crippen molar-refractivity contribution in [2.45, 2.75) is 25.4 Å². The van der Waals surface area contributed by atoms with E-state index in [-0.39, 0.29) is 5.69 Å². The molecule has 1 N–H and O–H groups in total. The molecule has 1 aliphatic heterocycles. The van der Waals surface area contributed by atoms with Gasteiger partial charge in [-0.1, -0.05) is 12.1 Å². The van der Waals surface area contributed by atoms with Crippen molar-refractivity contribution in [2.75, 3.05) is 11.9 Å². The van der Waals surface area contributed by atoms with E-state index in [0.29, 0.717) is 18.8 Å². The molecule has 0 aromatic heterocycles. The van der Waals surface area contributed by atoms with Gasteiger partial charge in [0.15, 0.2) is 0 Å². The van der Waals surface area contributed by atoms with Crippen molar-refractivity contribution in [1.29, 1.82) is 0 Å². The van der Waals surface area contributed by atoms with Crippen LogP contribution in [0.25, 0.3) is 0 Å². The van der Waals surface area contributed by atoms with Gasteiger partial charge in [-0.2, -0.15) is 13.2 Å². The van der Waals surface area contributed by atoms with Crippen LogP contribution in [0.5, 0.6) is 0 Å². The second kappa shape index (κ2) is 4.77. The van der Waals surface area contributed by atoms with Gasteiger partial charge in [-0.25, -0.2) is 0 Å². The van der Waals surface area contributed by atoms with E-state index in [1.807, 2.05) is 0 Å². The number of nitrogens with zero attached hydrogens (tertiary/aromatic N) is 1. The SMILES string of the molecule is FC(F)(F)c1ccccc1NC1=NCCCC1. The number of anilines is 1. The van der Waals surface area contributed by atoms with E-state index < -0.39 is 11.7 Å². The molecule has 2 rings (SSSR count). The van der Waals surface area contributed by atoms with Crippen LogP contribution >= 0.6 is 0 Å². The second-order valence-electron chi connectivity index (χ2n) is 3.95. The summed E-state index contributed by atoms with van der Waals surface area (Å²) in [6.07, 6.45) is -1.64. The summed E-state index contributed by atoms with van der Waals surface area (Å²) in [5.41, 5.74) is -0.561. The van der Waals surface area contributed by atoms with Crippen LogP contribution in [0, 0.1) is 0 Å². The van der Waals surface area contributed by atoms with Gasteiger partial charge in [0, 0.05) is 13.0 Å². The summed E-state index contributed by atoms with van der Waals surface area (Å²) in [5, 5.41) is 2.79. The highest BCUT2D eigenvalue weighted by Gasteiger charge is 2.33. The molecule has 1 aromatic carbocycles. The van der Waals surface area contributed by atoms with Gasteiger partial charge in [0.2, 0.25) is 0 Å².